The molecule has 0 radical (unpaired) electrons. The molecular formula is C31H31N5O5. The standard InChI is InChI=1S/C21H17N3O2.C10H14N2O3/c1-25-19-10-9-18-22-20(16-8-7-14-11-12-26-17(14)13-16)21(24(18)23-19)15-5-3-2-4-6-15;1-15-10-7(8(13)9(10)14)12-4-2-6(11)3-5-12/h2-10,13H,11-12H2,1H3;6H,2-5,11H2,1H3. The van der Waals surface area contributed by atoms with E-state index in [0.717, 1.165) is 72.9 Å². The fourth-order valence-corrected chi connectivity index (χ4v) is 5.35. The normalized spacial score (nSPS) is 14.9. The quantitative estimate of drug-likeness (QED) is 0.327. The Labute approximate surface area is 236 Å². The van der Waals surface area contributed by atoms with Gasteiger partial charge in [0.2, 0.25) is 5.88 Å². The van der Waals surface area contributed by atoms with E-state index in [2.05, 4.69) is 35.4 Å². The number of hydrogen-bond donors (Lipinski definition) is 1. The first-order chi connectivity index (χ1) is 20.0. The van der Waals surface area contributed by atoms with Crippen LogP contribution in [0.25, 0.3) is 28.2 Å². The molecule has 10 nitrogen and oxygen atoms in total. The number of imidazole rings is 1. The zero-order chi connectivity index (χ0) is 28.5. The van der Waals surface area contributed by atoms with Crippen molar-refractivity contribution >= 4 is 11.3 Å². The summed E-state index contributed by atoms with van der Waals surface area (Å²) >= 11 is 0. The molecule has 0 spiro atoms. The Morgan fingerprint density at radius 1 is 0.927 bits per heavy atom. The van der Waals surface area contributed by atoms with Gasteiger partial charge in [-0.2, -0.15) is 0 Å². The van der Waals surface area contributed by atoms with Crippen LogP contribution in [0.1, 0.15) is 18.4 Å². The fourth-order valence-electron chi connectivity index (χ4n) is 5.35. The Kier molecular flexibility index (Phi) is 7.15. The van der Waals surface area contributed by atoms with Gasteiger partial charge in [-0.1, -0.05) is 42.5 Å². The zero-order valence-electron chi connectivity index (χ0n) is 23.0. The highest BCUT2D eigenvalue weighted by Gasteiger charge is 2.29. The minimum atomic E-state index is -0.512. The molecule has 2 aliphatic heterocycles. The van der Waals surface area contributed by atoms with Crippen molar-refractivity contribution in [2.45, 2.75) is 25.3 Å². The number of nitrogens with two attached hydrogens (primary N) is 1. The van der Waals surface area contributed by atoms with Crippen LogP contribution in [-0.2, 0) is 6.42 Å². The first-order valence-corrected chi connectivity index (χ1v) is 13.6. The number of aromatic nitrogens is 3. The molecule has 3 aromatic carbocycles. The van der Waals surface area contributed by atoms with Crippen molar-refractivity contribution < 1.29 is 14.2 Å². The Hall–Kier alpha value is -4.70. The van der Waals surface area contributed by atoms with Crippen LogP contribution < -0.4 is 35.7 Å². The molecule has 0 atom stereocenters. The van der Waals surface area contributed by atoms with E-state index in [1.54, 1.807) is 7.11 Å². The lowest BCUT2D eigenvalue weighted by Gasteiger charge is -2.32. The average Bonchev–Trinajstić information content (AvgIpc) is 3.64. The maximum atomic E-state index is 11.4. The second-order valence-corrected chi connectivity index (χ2v) is 10.1. The van der Waals surface area contributed by atoms with Gasteiger partial charge in [-0.25, -0.2) is 9.50 Å². The molecule has 41 heavy (non-hydrogen) atoms. The Morgan fingerprint density at radius 3 is 2.44 bits per heavy atom. The van der Waals surface area contributed by atoms with E-state index in [0.29, 0.717) is 11.6 Å². The van der Waals surface area contributed by atoms with E-state index in [-0.39, 0.29) is 11.8 Å². The molecule has 0 aliphatic carbocycles. The summed E-state index contributed by atoms with van der Waals surface area (Å²) < 4.78 is 17.8. The lowest BCUT2D eigenvalue weighted by Crippen LogP contribution is -2.46. The first-order valence-electron chi connectivity index (χ1n) is 13.6. The highest BCUT2D eigenvalue weighted by molar-refractivity contribution is 5.82. The van der Waals surface area contributed by atoms with Gasteiger partial charge in [0.15, 0.2) is 11.4 Å². The maximum Gasteiger partial charge on any atom is 0.272 e. The van der Waals surface area contributed by atoms with E-state index < -0.39 is 10.9 Å². The number of fused-ring (bicyclic) bond motifs is 2. The van der Waals surface area contributed by atoms with Crippen LogP contribution in [-0.4, -0.2) is 54.6 Å². The third kappa shape index (κ3) is 4.91. The molecule has 0 saturated carbocycles. The molecule has 2 aromatic heterocycles. The van der Waals surface area contributed by atoms with Crippen molar-refractivity contribution in [2.75, 3.05) is 38.8 Å². The summed E-state index contributed by atoms with van der Waals surface area (Å²) in [6.45, 7) is 2.19. The number of hydrogen-bond acceptors (Lipinski definition) is 9. The number of ether oxygens (including phenoxy) is 3. The Morgan fingerprint density at radius 2 is 1.71 bits per heavy atom. The summed E-state index contributed by atoms with van der Waals surface area (Å²) in [6, 6.07) is 20.4. The zero-order valence-corrected chi connectivity index (χ0v) is 23.0. The van der Waals surface area contributed by atoms with Crippen LogP contribution >= 0.6 is 0 Å². The second-order valence-electron chi connectivity index (χ2n) is 10.1. The summed E-state index contributed by atoms with van der Waals surface area (Å²) in [6.07, 6.45) is 2.66. The van der Waals surface area contributed by atoms with Crippen LogP contribution in [0.15, 0.2) is 70.3 Å². The highest BCUT2D eigenvalue weighted by Crippen LogP contribution is 2.36. The Bertz CT molecular complexity index is 1770. The fraction of sp³-hybridized carbons (Fsp3) is 0.290. The molecule has 4 heterocycles. The summed E-state index contributed by atoms with van der Waals surface area (Å²) in [7, 11) is 3.03. The minimum Gasteiger partial charge on any atom is -0.493 e. The molecule has 0 bridgehead atoms. The second kappa shape index (κ2) is 11.1. The number of anilines is 1. The number of benzene rings is 2. The minimum absolute atomic E-state index is 0.204. The van der Waals surface area contributed by atoms with Crippen LogP contribution in [0.4, 0.5) is 5.69 Å². The van der Waals surface area contributed by atoms with E-state index in [9.17, 15) is 9.59 Å². The van der Waals surface area contributed by atoms with Crippen molar-refractivity contribution in [3.8, 4) is 39.9 Å². The molecule has 1 fully saturated rings. The third-order valence-corrected chi connectivity index (χ3v) is 7.58. The van der Waals surface area contributed by atoms with Gasteiger partial charge in [0.25, 0.3) is 10.9 Å². The SMILES string of the molecule is COc1c(N2CCC(N)CC2)c(=O)c1=O.COc1ccc2nc(-c3ccc4c(c3)OCC4)c(-c3ccccc3)n2n1. The molecule has 2 N–H and O–H groups in total. The average molecular weight is 554 g/mol. The molecule has 2 aliphatic rings. The highest BCUT2D eigenvalue weighted by atomic mass is 16.5. The predicted molar refractivity (Wildman–Crippen MR) is 157 cm³/mol. The Balaban J connectivity index is 0.000000172. The van der Waals surface area contributed by atoms with Crippen LogP contribution in [0.5, 0.6) is 17.4 Å². The van der Waals surface area contributed by atoms with Gasteiger partial charge in [-0.3, -0.25) is 9.59 Å². The van der Waals surface area contributed by atoms with Crippen molar-refractivity contribution in [2.24, 2.45) is 5.73 Å². The van der Waals surface area contributed by atoms with Crippen LogP contribution in [0.3, 0.4) is 0 Å². The third-order valence-electron chi connectivity index (χ3n) is 7.58. The van der Waals surface area contributed by atoms with Gasteiger partial charge in [0.1, 0.15) is 17.1 Å². The largest absolute Gasteiger partial charge is 0.493 e. The lowest BCUT2D eigenvalue weighted by molar-refractivity contribution is 0.357. The van der Waals surface area contributed by atoms with Crippen molar-refractivity contribution in [1.29, 1.82) is 0 Å². The number of piperidine rings is 1. The molecule has 0 unspecified atom stereocenters. The van der Waals surface area contributed by atoms with E-state index >= 15 is 0 Å². The van der Waals surface area contributed by atoms with E-state index in [1.807, 2.05) is 39.7 Å². The predicted octanol–water partition coefficient (Wildman–Crippen LogP) is 3.23. The first kappa shape index (κ1) is 26.5. The van der Waals surface area contributed by atoms with Crippen LogP contribution in [0, 0.1) is 0 Å². The van der Waals surface area contributed by atoms with E-state index in [1.165, 1.54) is 12.7 Å². The topological polar surface area (TPSA) is 121 Å². The molecule has 7 rings (SSSR count). The van der Waals surface area contributed by atoms with Crippen LogP contribution in [0.2, 0.25) is 0 Å². The molecular weight excluding hydrogens is 522 g/mol. The van der Waals surface area contributed by atoms with Gasteiger partial charge < -0.3 is 24.8 Å². The monoisotopic (exact) mass is 553 g/mol. The summed E-state index contributed by atoms with van der Waals surface area (Å²) in [5.41, 5.74) is 11.2. The molecule has 5 aromatic rings. The summed E-state index contributed by atoms with van der Waals surface area (Å²) in [5.74, 6) is 1.70. The number of rotatable bonds is 5. The van der Waals surface area contributed by atoms with Gasteiger partial charge in [0, 0.05) is 42.7 Å². The summed E-state index contributed by atoms with van der Waals surface area (Å²) in [4.78, 5) is 29.2. The molecule has 1 saturated heterocycles. The van der Waals surface area contributed by atoms with Crippen molar-refractivity contribution in [3.63, 3.8) is 0 Å². The molecule has 0 amide bonds. The number of methoxy groups -OCH3 is 2. The van der Waals surface area contributed by atoms with Crippen molar-refractivity contribution in [1.82, 2.24) is 14.6 Å². The smallest absolute Gasteiger partial charge is 0.272 e. The molecule has 210 valence electrons. The van der Waals surface area contributed by atoms with E-state index in [4.69, 9.17) is 24.9 Å². The van der Waals surface area contributed by atoms with Gasteiger partial charge in [0.05, 0.1) is 26.5 Å². The maximum absolute atomic E-state index is 11.4. The van der Waals surface area contributed by atoms with Gasteiger partial charge >= 0.3 is 0 Å². The molecule has 10 heteroatoms. The van der Waals surface area contributed by atoms with Crippen molar-refractivity contribution in [3.05, 3.63) is 86.7 Å². The summed E-state index contributed by atoms with van der Waals surface area (Å²) in [5, 5.41) is 4.59. The van der Waals surface area contributed by atoms with Gasteiger partial charge in [-0.05, 0) is 30.5 Å². The number of nitrogens with zero attached hydrogens (tertiary/aromatic N) is 4. The lowest BCUT2D eigenvalue weighted by atomic mass is 10.0. The van der Waals surface area contributed by atoms with Gasteiger partial charge in [-0.15, -0.1) is 5.10 Å².